The van der Waals surface area contributed by atoms with Gasteiger partial charge in [-0.3, -0.25) is 0 Å². The number of hydrogen-bond acceptors (Lipinski definition) is 3. The van der Waals surface area contributed by atoms with Crippen molar-refractivity contribution in [2.45, 2.75) is 13.2 Å². The highest BCUT2D eigenvalue weighted by molar-refractivity contribution is 6.32. The molecule has 3 nitrogen and oxygen atoms in total. The number of benzene rings is 2. The summed E-state index contributed by atoms with van der Waals surface area (Å²) >= 11 is 6.26. The predicted octanol–water partition coefficient (Wildman–Crippen LogP) is 3.66. The maximum Gasteiger partial charge on any atom is 0.142 e. The van der Waals surface area contributed by atoms with Crippen LogP contribution >= 0.6 is 11.6 Å². The van der Waals surface area contributed by atoms with Crippen LogP contribution in [0.2, 0.25) is 5.02 Å². The van der Waals surface area contributed by atoms with Gasteiger partial charge in [-0.05, 0) is 11.6 Å². The van der Waals surface area contributed by atoms with Crippen LogP contribution in [0.5, 0.6) is 5.75 Å². The van der Waals surface area contributed by atoms with E-state index in [2.05, 4.69) is 5.32 Å². The van der Waals surface area contributed by atoms with E-state index in [4.69, 9.17) is 21.1 Å². The van der Waals surface area contributed by atoms with Gasteiger partial charge in [-0.15, -0.1) is 0 Å². The van der Waals surface area contributed by atoms with Crippen LogP contribution in [0.15, 0.2) is 48.5 Å². The minimum Gasteiger partial charge on any atom is -0.487 e. The highest BCUT2D eigenvalue weighted by atomic mass is 35.5. The zero-order chi connectivity index (χ0) is 14.9. The van der Waals surface area contributed by atoms with E-state index >= 15 is 0 Å². The molecule has 0 aliphatic heterocycles. The molecule has 2 rings (SSSR count). The van der Waals surface area contributed by atoms with E-state index in [1.807, 2.05) is 48.5 Å². The Morgan fingerprint density at radius 2 is 1.86 bits per heavy atom. The Bertz CT molecular complexity index is 546. The van der Waals surface area contributed by atoms with Crippen LogP contribution in [0.4, 0.5) is 0 Å². The normalized spacial score (nSPS) is 10.6. The summed E-state index contributed by atoms with van der Waals surface area (Å²) in [6.45, 7) is 2.69. The summed E-state index contributed by atoms with van der Waals surface area (Å²) in [6.07, 6.45) is 0. The number of nitrogens with one attached hydrogen (secondary N) is 1. The van der Waals surface area contributed by atoms with Gasteiger partial charge in [0.1, 0.15) is 12.4 Å². The third-order valence-corrected chi connectivity index (χ3v) is 3.37. The average Bonchev–Trinajstić information content (AvgIpc) is 2.52. The average molecular weight is 306 g/mol. The maximum absolute atomic E-state index is 6.26. The second kappa shape index (κ2) is 8.67. The Labute approximate surface area is 130 Å². The van der Waals surface area contributed by atoms with Gasteiger partial charge in [-0.2, -0.15) is 0 Å². The molecule has 112 valence electrons. The fourth-order valence-corrected chi connectivity index (χ4v) is 2.23. The second-order valence-electron chi connectivity index (χ2n) is 4.67. The zero-order valence-corrected chi connectivity index (χ0v) is 12.9. The lowest BCUT2D eigenvalue weighted by atomic mass is 10.2. The minimum atomic E-state index is 0.510. The number of methoxy groups -OCH3 is 1. The van der Waals surface area contributed by atoms with E-state index < -0.39 is 0 Å². The van der Waals surface area contributed by atoms with Gasteiger partial charge in [0.05, 0.1) is 11.6 Å². The number of para-hydroxylation sites is 1. The summed E-state index contributed by atoms with van der Waals surface area (Å²) in [5.74, 6) is 0.743. The molecule has 0 radical (unpaired) electrons. The Kier molecular flexibility index (Phi) is 6.54. The molecule has 0 spiro atoms. The first-order valence-electron chi connectivity index (χ1n) is 6.95. The van der Waals surface area contributed by atoms with Crippen molar-refractivity contribution in [2.24, 2.45) is 0 Å². The molecule has 0 aliphatic carbocycles. The van der Waals surface area contributed by atoms with Crippen LogP contribution in [0.3, 0.4) is 0 Å². The molecule has 0 fully saturated rings. The third-order valence-electron chi connectivity index (χ3n) is 3.07. The van der Waals surface area contributed by atoms with Crippen LogP contribution in [-0.4, -0.2) is 20.3 Å². The highest BCUT2D eigenvalue weighted by Gasteiger charge is 2.08. The molecule has 2 aromatic rings. The molecular formula is C17H20ClNO2. The second-order valence-corrected chi connectivity index (χ2v) is 5.08. The van der Waals surface area contributed by atoms with E-state index in [9.17, 15) is 0 Å². The molecule has 0 aromatic heterocycles. The summed E-state index contributed by atoms with van der Waals surface area (Å²) in [4.78, 5) is 0. The molecule has 4 heteroatoms. The van der Waals surface area contributed by atoms with Crippen molar-refractivity contribution < 1.29 is 9.47 Å². The monoisotopic (exact) mass is 305 g/mol. The van der Waals surface area contributed by atoms with Crippen molar-refractivity contribution in [3.8, 4) is 5.75 Å². The van der Waals surface area contributed by atoms with Crippen molar-refractivity contribution >= 4 is 11.6 Å². The van der Waals surface area contributed by atoms with Crippen molar-refractivity contribution in [1.82, 2.24) is 5.32 Å². The standard InChI is InChI=1S/C17H20ClNO2/c1-20-11-10-19-12-15-8-5-9-16(18)17(15)21-13-14-6-3-2-4-7-14/h2-9,19H,10-13H2,1H3. The quantitative estimate of drug-likeness (QED) is 0.755. The summed E-state index contributed by atoms with van der Waals surface area (Å²) in [5.41, 5.74) is 2.17. The molecule has 0 atom stereocenters. The lowest BCUT2D eigenvalue weighted by Crippen LogP contribution is -2.19. The zero-order valence-electron chi connectivity index (χ0n) is 12.1. The SMILES string of the molecule is COCCNCc1cccc(Cl)c1OCc1ccccc1. The largest absolute Gasteiger partial charge is 0.487 e. The summed E-state index contributed by atoms with van der Waals surface area (Å²) in [5, 5.41) is 3.94. The topological polar surface area (TPSA) is 30.5 Å². The summed E-state index contributed by atoms with van der Waals surface area (Å²) < 4.78 is 10.9. The molecule has 0 saturated carbocycles. The lowest BCUT2D eigenvalue weighted by Gasteiger charge is -2.14. The Balaban J connectivity index is 2.00. The molecule has 21 heavy (non-hydrogen) atoms. The molecule has 0 saturated heterocycles. The van der Waals surface area contributed by atoms with Crippen LogP contribution < -0.4 is 10.1 Å². The Hall–Kier alpha value is -1.55. The Morgan fingerprint density at radius 3 is 2.62 bits per heavy atom. The van der Waals surface area contributed by atoms with Crippen LogP contribution in [0, 0.1) is 0 Å². The van der Waals surface area contributed by atoms with Crippen LogP contribution in [-0.2, 0) is 17.9 Å². The molecule has 0 bridgehead atoms. The van der Waals surface area contributed by atoms with Gasteiger partial charge < -0.3 is 14.8 Å². The van der Waals surface area contributed by atoms with Crippen molar-refractivity contribution in [3.63, 3.8) is 0 Å². The fraction of sp³-hybridized carbons (Fsp3) is 0.294. The first-order valence-corrected chi connectivity index (χ1v) is 7.33. The van der Waals surface area contributed by atoms with Crippen molar-refractivity contribution in [2.75, 3.05) is 20.3 Å². The van der Waals surface area contributed by atoms with Crippen LogP contribution in [0.25, 0.3) is 0 Å². The van der Waals surface area contributed by atoms with E-state index in [0.717, 1.165) is 23.4 Å². The third kappa shape index (κ3) is 5.05. The van der Waals surface area contributed by atoms with Gasteiger partial charge in [-0.25, -0.2) is 0 Å². The summed E-state index contributed by atoms with van der Waals surface area (Å²) in [6, 6.07) is 15.9. The number of rotatable bonds is 8. The molecule has 2 aromatic carbocycles. The predicted molar refractivity (Wildman–Crippen MR) is 85.8 cm³/mol. The molecular weight excluding hydrogens is 286 g/mol. The van der Waals surface area contributed by atoms with E-state index in [1.165, 1.54) is 0 Å². The smallest absolute Gasteiger partial charge is 0.142 e. The van der Waals surface area contributed by atoms with Gasteiger partial charge in [0.15, 0.2) is 0 Å². The van der Waals surface area contributed by atoms with Gasteiger partial charge in [0.2, 0.25) is 0 Å². The van der Waals surface area contributed by atoms with E-state index in [1.54, 1.807) is 7.11 Å². The minimum absolute atomic E-state index is 0.510. The highest BCUT2D eigenvalue weighted by Crippen LogP contribution is 2.29. The van der Waals surface area contributed by atoms with Crippen molar-refractivity contribution in [1.29, 1.82) is 0 Å². The van der Waals surface area contributed by atoms with E-state index in [0.29, 0.717) is 24.8 Å². The molecule has 1 N–H and O–H groups in total. The van der Waals surface area contributed by atoms with Gasteiger partial charge in [0.25, 0.3) is 0 Å². The summed E-state index contributed by atoms with van der Waals surface area (Å²) in [7, 11) is 1.69. The molecule has 0 heterocycles. The van der Waals surface area contributed by atoms with Crippen molar-refractivity contribution in [3.05, 3.63) is 64.7 Å². The molecule has 0 amide bonds. The first kappa shape index (κ1) is 15.8. The van der Waals surface area contributed by atoms with Crippen LogP contribution in [0.1, 0.15) is 11.1 Å². The Morgan fingerprint density at radius 1 is 1.05 bits per heavy atom. The van der Waals surface area contributed by atoms with Gasteiger partial charge in [-0.1, -0.05) is 54.1 Å². The molecule has 0 unspecified atom stereocenters. The maximum atomic E-state index is 6.26. The fourth-order valence-electron chi connectivity index (χ4n) is 1.98. The first-order chi connectivity index (χ1) is 10.3. The molecule has 0 aliphatic rings. The van der Waals surface area contributed by atoms with Gasteiger partial charge >= 0.3 is 0 Å². The lowest BCUT2D eigenvalue weighted by molar-refractivity contribution is 0.199. The number of halogens is 1. The number of ether oxygens (including phenoxy) is 2. The van der Waals surface area contributed by atoms with E-state index in [-0.39, 0.29) is 0 Å². The number of hydrogen-bond donors (Lipinski definition) is 1. The van der Waals surface area contributed by atoms with Gasteiger partial charge in [0, 0.05) is 25.8 Å².